The van der Waals surface area contributed by atoms with Crippen molar-refractivity contribution >= 4 is 17.7 Å². The number of hydrogen-bond donors (Lipinski definition) is 4. The number of aliphatic hydroxyl groups is 1. The molecule has 0 spiro atoms. The standard InChI is InChI=1S/C11H10F2N2O6/c12-11(13)20-7-2-1-5(3-8(7)21-11)14-10(19)15-6(4-16)9(17)18/h1-3,6,16H,4H2,(H,17,18)(H2,14,15,19)/t6-/m1/s1. The molecule has 1 heterocycles. The quantitative estimate of drug-likeness (QED) is 0.646. The second kappa shape index (κ2) is 5.40. The van der Waals surface area contributed by atoms with Crippen molar-refractivity contribution in [1.82, 2.24) is 5.32 Å². The molecule has 0 aliphatic carbocycles. The fraction of sp³-hybridized carbons (Fsp3) is 0.273. The Labute approximate surface area is 116 Å². The minimum absolute atomic E-state index is 0.0784. The summed E-state index contributed by atoms with van der Waals surface area (Å²) in [7, 11) is 0. The molecule has 0 saturated heterocycles. The highest BCUT2D eigenvalue weighted by Crippen LogP contribution is 2.42. The predicted octanol–water partition coefficient (Wildman–Crippen LogP) is 0.575. The van der Waals surface area contributed by atoms with E-state index in [4.69, 9.17) is 10.2 Å². The molecule has 1 aliphatic rings. The summed E-state index contributed by atoms with van der Waals surface area (Å²) < 4.78 is 34.0. The van der Waals surface area contributed by atoms with Crippen LogP contribution in [-0.2, 0) is 4.79 Å². The van der Waals surface area contributed by atoms with Crippen LogP contribution in [0.5, 0.6) is 11.5 Å². The summed E-state index contributed by atoms with van der Waals surface area (Å²) in [5.41, 5.74) is 0.0784. The molecule has 1 aliphatic heterocycles. The minimum atomic E-state index is -3.77. The van der Waals surface area contributed by atoms with E-state index in [2.05, 4.69) is 14.8 Å². The second-order valence-electron chi connectivity index (χ2n) is 4.00. The van der Waals surface area contributed by atoms with Crippen molar-refractivity contribution in [3.8, 4) is 11.5 Å². The van der Waals surface area contributed by atoms with Crippen LogP contribution in [0.4, 0.5) is 19.3 Å². The number of benzene rings is 1. The molecule has 21 heavy (non-hydrogen) atoms. The zero-order valence-corrected chi connectivity index (χ0v) is 10.3. The van der Waals surface area contributed by atoms with E-state index in [9.17, 15) is 18.4 Å². The van der Waals surface area contributed by atoms with Crippen LogP contribution in [0, 0.1) is 0 Å². The molecule has 0 fully saturated rings. The van der Waals surface area contributed by atoms with Gasteiger partial charge in [0.1, 0.15) is 0 Å². The largest absolute Gasteiger partial charge is 0.586 e. The zero-order chi connectivity index (χ0) is 15.6. The molecule has 2 rings (SSSR count). The van der Waals surface area contributed by atoms with Gasteiger partial charge in [0, 0.05) is 11.8 Å². The molecule has 10 heteroatoms. The summed E-state index contributed by atoms with van der Waals surface area (Å²) >= 11 is 0. The Morgan fingerprint density at radius 1 is 1.29 bits per heavy atom. The maximum absolute atomic E-state index is 12.8. The average Bonchev–Trinajstić information content (AvgIpc) is 2.68. The van der Waals surface area contributed by atoms with Crippen molar-refractivity contribution in [3.63, 3.8) is 0 Å². The Morgan fingerprint density at radius 3 is 2.57 bits per heavy atom. The van der Waals surface area contributed by atoms with Crippen LogP contribution in [-0.4, -0.2) is 41.2 Å². The lowest BCUT2D eigenvalue weighted by Crippen LogP contribution is -2.45. The smallest absolute Gasteiger partial charge is 0.480 e. The van der Waals surface area contributed by atoms with Crippen molar-refractivity contribution in [2.75, 3.05) is 11.9 Å². The molecule has 114 valence electrons. The molecular formula is C11H10F2N2O6. The molecule has 1 aromatic rings. The molecule has 0 aromatic heterocycles. The Balaban J connectivity index is 2.02. The van der Waals surface area contributed by atoms with Gasteiger partial charge in [0.2, 0.25) is 0 Å². The Hall–Kier alpha value is -2.62. The van der Waals surface area contributed by atoms with E-state index in [1.807, 2.05) is 5.32 Å². The number of hydrogen-bond acceptors (Lipinski definition) is 5. The number of carbonyl (C=O) groups is 2. The van der Waals surface area contributed by atoms with E-state index in [0.29, 0.717) is 0 Å². The van der Waals surface area contributed by atoms with E-state index in [1.165, 1.54) is 6.07 Å². The summed E-state index contributed by atoms with van der Waals surface area (Å²) in [4.78, 5) is 22.1. The number of urea groups is 1. The zero-order valence-electron chi connectivity index (χ0n) is 10.3. The first-order valence-electron chi connectivity index (χ1n) is 5.62. The number of amides is 2. The monoisotopic (exact) mass is 304 g/mol. The molecular weight excluding hydrogens is 294 g/mol. The number of nitrogens with one attached hydrogen (secondary N) is 2. The molecule has 1 atom stereocenters. The summed E-state index contributed by atoms with van der Waals surface area (Å²) in [6, 6.07) is 1.10. The van der Waals surface area contributed by atoms with Gasteiger partial charge in [0.15, 0.2) is 17.5 Å². The number of rotatable bonds is 4. The van der Waals surface area contributed by atoms with Gasteiger partial charge in [-0.15, -0.1) is 8.78 Å². The lowest BCUT2D eigenvalue weighted by molar-refractivity contribution is -0.286. The van der Waals surface area contributed by atoms with Crippen LogP contribution in [0.25, 0.3) is 0 Å². The SMILES string of the molecule is O=C(Nc1ccc2c(c1)OC(F)(F)O2)N[C@H](CO)C(=O)O. The molecule has 1 aromatic carbocycles. The normalized spacial score (nSPS) is 16.1. The third kappa shape index (κ3) is 3.48. The summed E-state index contributed by atoms with van der Waals surface area (Å²) in [5, 5.41) is 21.6. The number of alkyl halides is 2. The maximum atomic E-state index is 12.8. The van der Waals surface area contributed by atoms with Gasteiger partial charge in [-0.2, -0.15) is 0 Å². The minimum Gasteiger partial charge on any atom is -0.480 e. The topological polar surface area (TPSA) is 117 Å². The van der Waals surface area contributed by atoms with Gasteiger partial charge in [-0.1, -0.05) is 0 Å². The third-order valence-electron chi connectivity index (χ3n) is 2.45. The van der Waals surface area contributed by atoms with Crippen molar-refractivity contribution in [1.29, 1.82) is 0 Å². The van der Waals surface area contributed by atoms with Crippen molar-refractivity contribution < 1.29 is 38.1 Å². The van der Waals surface area contributed by atoms with Crippen LogP contribution in [0.1, 0.15) is 0 Å². The van der Waals surface area contributed by atoms with Gasteiger partial charge in [0.25, 0.3) is 0 Å². The summed E-state index contributed by atoms with van der Waals surface area (Å²) in [5.74, 6) is -1.88. The lowest BCUT2D eigenvalue weighted by atomic mass is 10.3. The molecule has 0 saturated carbocycles. The maximum Gasteiger partial charge on any atom is 0.586 e. The van der Waals surface area contributed by atoms with Gasteiger partial charge in [0.05, 0.1) is 6.61 Å². The molecule has 0 radical (unpaired) electrons. The fourth-order valence-electron chi connectivity index (χ4n) is 1.54. The summed E-state index contributed by atoms with van der Waals surface area (Å²) in [6.45, 7) is -0.796. The van der Waals surface area contributed by atoms with E-state index in [-0.39, 0.29) is 17.2 Å². The van der Waals surface area contributed by atoms with Crippen molar-refractivity contribution in [2.24, 2.45) is 0 Å². The van der Waals surface area contributed by atoms with Crippen LogP contribution < -0.4 is 20.1 Å². The van der Waals surface area contributed by atoms with E-state index in [0.717, 1.165) is 12.1 Å². The molecule has 4 N–H and O–H groups in total. The van der Waals surface area contributed by atoms with Crippen LogP contribution in [0.3, 0.4) is 0 Å². The molecule has 2 amide bonds. The van der Waals surface area contributed by atoms with Crippen LogP contribution in [0.15, 0.2) is 18.2 Å². The van der Waals surface area contributed by atoms with E-state index in [1.54, 1.807) is 0 Å². The van der Waals surface area contributed by atoms with Crippen LogP contribution in [0.2, 0.25) is 0 Å². The number of aliphatic carboxylic acids is 1. The average molecular weight is 304 g/mol. The first kappa shape index (κ1) is 14.8. The van der Waals surface area contributed by atoms with Crippen molar-refractivity contribution in [2.45, 2.75) is 12.3 Å². The highest BCUT2D eigenvalue weighted by Gasteiger charge is 2.43. The second-order valence-corrected chi connectivity index (χ2v) is 4.00. The van der Waals surface area contributed by atoms with E-state index >= 15 is 0 Å². The molecule has 0 unspecified atom stereocenters. The molecule has 8 nitrogen and oxygen atoms in total. The first-order chi connectivity index (χ1) is 9.80. The highest BCUT2D eigenvalue weighted by atomic mass is 19.3. The Bertz CT molecular complexity index is 580. The van der Waals surface area contributed by atoms with Gasteiger partial charge >= 0.3 is 18.3 Å². The number of carboxylic acids is 1. The highest BCUT2D eigenvalue weighted by molar-refractivity contribution is 5.92. The fourth-order valence-corrected chi connectivity index (χ4v) is 1.54. The van der Waals surface area contributed by atoms with Gasteiger partial charge in [-0.05, 0) is 12.1 Å². The number of carbonyl (C=O) groups excluding carboxylic acids is 1. The van der Waals surface area contributed by atoms with Gasteiger partial charge in [-0.25, -0.2) is 9.59 Å². The predicted molar refractivity (Wildman–Crippen MR) is 63.3 cm³/mol. The Morgan fingerprint density at radius 2 is 1.95 bits per heavy atom. The van der Waals surface area contributed by atoms with E-state index < -0.39 is 30.9 Å². The van der Waals surface area contributed by atoms with Gasteiger partial charge in [-0.3, -0.25) is 0 Å². The van der Waals surface area contributed by atoms with Gasteiger partial charge < -0.3 is 30.3 Å². The lowest BCUT2D eigenvalue weighted by Gasteiger charge is -2.12. The Kier molecular flexibility index (Phi) is 3.80. The third-order valence-corrected chi connectivity index (χ3v) is 2.45. The number of aliphatic hydroxyl groups excluding tert-OH is 1. The van der Waals surface area contributed by atoms with Crippen molar-refractivity contribution in [3.05, 3.63) is 18.2 Å². The number of fused-ring (bicyclic) bond motifs is 1. The molecule has 0 bridgehead atoms. The number of halogens is 2. The number of anilines is 1. The van der Waals surface area contributed by atoms with Crippen LogP contribution >= 0.6 is 0 Å². The first-order valence-corrected chi connectivity index (χ1v) is 5.62. The number of carboxylic acid groups (broad SMARTS) is 1. The number of ether oxygens (including phenoxy) is 2. The summed E-state index contributed by atoms with van der Waals surface area (Å²) in [6.07, 6.45) is -3.77.